The van der Waals surface area contributed by atoms with Crippen LogP contribution in [0.3, 0.4) is 0 Å². The summed E-state index contributed by atoms with van der Waals surface area (Å²) in [6.07, 6.45) is 1.89. The number of rotatable bonds is 7. The van der Waals surface area contributed by atoms with Crippen LogP contribution in [-0.2, 0) is 9.53 Å². The second-order valence-electron chi connectivity index (χ2n) is 5.43. The van der Waals surface area contributed by atoms with Crippen molar-refractivity contribution in [3.8, 4) is 11.5 Å². The largest absolute Gasteiger partial charge is 0.508 e. The van der Waals surface area contributed by atoms with Crippen LogP contribution in [0.2, 0.25) is 0 Å². The molecule has 0 heterocycles. The van der Waals surface area contributed by atoms with Crippen molar-refractivity contribution in [2.45, 2.75) is 32.1 Å². The highest BCUT2D eigenvalue weighted by Gasteiger charge is 2.15. The smallest absolute Gasteiger partial charge is 0.305 e. The van der Waals surface area contributed by atoms with Crippen molar-refractivity contribution in [3.05, 3.63) is 59.7 Å². The molecule has 0 aliphatic rings. The quantitative estimate of drug-likeness (QED) is 0.759. The van der Waals surface area contributed by atoms with Gasteiger partial charge in [-0.3, -0.25) is 4.79 Å². The highest BCUT2D eigenvalue weighted by atomic mass is 16.5. The van der Waals surface area contributed by atoms with Gasteiger partial charge in [-0.25, -0.2) is 0 Å². The Morgan fingerprint density at radius 3 is 1.87 bits per heavy atom. The molecule has 2 N–H and O–H groups in total. The minimum Gasteiger partial charge on any atom is -0.508 e. The lowest BCUT2D eigenvalue weighted by atomic mass is 9.87. The van der Waals surface area contributed by atoms with Gasteiger partial charge in [-0.1, -0.05) is 24.3 Å². The zero-order valence-electron chi connectivity index (χ0n) is 13.2. The maximum Gasteiger partial charge on any atom is 0.305 e. The summed E-state index contributed by atoms with van der Waals surface area (Å²) in [7, 11) is 0. The molecule has 4 nitrogen and oxygen atoms in total. The van der Waals surface area contributed by atoms with Crippen molar-refractivity contribution in [2.24, 2.45) is 0 Å². The minimum atomic E-state index is -0.178. The first kappa shape index (κ1) is 16.9. The normalized spacial score (nSPS) is 10.7. The average Bonchev–Trinajstić information content (AvgIpc) is 2.54. The van der Waals surface area contributed by atoms with Gasteiger partial charge in [-0.15, -0.1) is 0 Å². The number of ether oxygens (including phenoxy) is 1. The number of phenols is 2. The van der Waals surface area contributed by atoms with Crippen molar-refractivity contribution in [1.29, 1.82) is 0 Å². The van der Waals surface area contributed by atoms with Crippen molar-refractivity contribution < 1.29 is 19.7 Å². The average molecular weight is 314 g/mol. The Morgan fingerprint density at radius 2 is 1.43 bits per heavy atom. The van der Waals surface area contributed by atoms with Gasteiger partial charge in [-0.05, 0) is 55.2 Å². The van der Waals surface area contributed by atoms with Crippen LogP contribution in [-0.4, -0.2) is 22.8 Å². The molecule has 122 valence electrons. The lowest BCUT2D eigenvalue weighted by molar-refractivity contribution is -0.143. The molecule has 2 aromatic carbocycles. The summed E-state index contributed by atoms with van der Waals surface area (Å²) in [5.41, 5.74) is 2.13. The van der Waals surface area contributed by atoms with Crippen LogP contribution >= 0.6 is 0 Å². The van der Waals surface area contributed by atoms with E-state index in [0.29, 0.717) is 19.4 Å². The molecular formula is C19H22O4. The van der Waals surface area contributed by atoms with E-state index >= 15 is 0 Å². The summed E-state index contributed by atoms with van der Waals surface area (Å²) in [5.74, 6) is 0.378. The van der Waals surface area contributed by atoms with Gasteiger partial charge in [-0.2, -0.15) is 0 Å². The van der Waals surface area contributed by atoms with E-state index in [4.69, 9.17) is 4.74 Å². The zero-order valence-corrected chi connectivity index (χ0v) is 13.2. The summed E-state index contributed by atoms with van der Waals surface area (Å²) in [6, 6.07) is 14.2. The number of carbonyl (C=O) groups excluding carboxylic acids is 1. The number of aromatic hydroxyl groups is 2. The first-order valence-electron chi connectivity index (χ1n) is 7.83. The molecule has 0 aliphatic heterocycles. The van der Waals surface area contributed by atoms with E-state index in [0.717, 1.165) is 17.5 Å². The molecule has 0 bridgehead atoms. The summed E-state index contributed by atoms with van der Waals surface area (Å²) in [4.78, 5) is 11.5. The van der Waals surface area contributed by atoms with Crippen LogP contribution in [0, 0.1) is 0 Å². The van der Waals surface area contributed by atoms with Gasteiger partial charge in [0.15, 0.2) is 0 Å². The zero-order chi connectivity index (χ0) is 16.7. The number of esters is 1. The Bertz CT molecular complexity index is 571. The Balaban J connectivity index is 2.13. The monoisotopic (exact) mass is 314 g/mol. The first-order valence-corrected chi connectivity index (χ1v) is 7.83. The van der Waals surface area contributed by atoms with E-state index in [1.165, 1.54) is 0 Å². The molecule has 0 aromatic heterocycles. The van der Waals surface area contributed by atoms with Crippen molar-refractivity contribution >= 4 is 5.97 Å². The molecule has 0 spiro atoms. The molecule has 0 unspecified atom stereocenters. The van der Waals surface area contributed by atoms with Crippen LogP contribution in [0.15, 0.2) is 48.5 Å². The molecule has 0 atom stereocenters. The van der Waals surface area contributed by atoms with Gasteiger partial charge >= 0.3 is 5.97 Å². The van der Waals surface area contributed by atoms with E-state index in [2.05, 4.69) is 0 Å². The molecule has 0 fully saturated rings. The number of hydrogen-bond donors (Lipinski definition) is 2. The number of hydrogen-bond acceptors (Lipinski definition) is 4. The second-order valence-corrected chi connectivity index (χ2v) is 5.43. The van der Waals surface area contributed by atoms with Crippen LogP contribution in [0.25, 0.3) is 0 Å². The van der Waals surface area contributed by atoms with E-state index in [-0.39, 0.29) is 23.4 Å². The summed E-state index contributed by atoms with van der Waals surface area (Å²) in [6.45, 7) is 2.20. The SMILES string of the molecule is CCOC(=O)CCCC(c1ccc(O)cc1)c1ccc(O)cc1. The first-order chi connectivity index (χ1) is 11.1. The Kier molecular flexibility index (Phi) is 6.03. The maximum atomic E-state index is 11.5. The molecule has 0 amide bonds. The second kappa shape index (κ2) is 8.22. The van der Waals surface area contributed by atoms with E-state index in [1.807, 2.05) is 24.3 Å². The Morgan fingerprint density at radius 1 is 0.957 bits per heavy atom. The molecular weight excluding hydrogens is 292 g/mol. The topological polar surface area (TPSA) is 66.8 Å². The number of carbonyl (C=O) groups is 1. The van der Waals surface area contributed by atoms with Crippen molar-refractivity contribution in [1.82, 2.24) is 0 Å². The highest BCUT2D eigenvalue weighted by Crippen LogP contribution is 2.31. The van der Waals surface area contributed by atoms with Crippen LogP contribution in [0.5, 0.6) is 11.5 Å². The lowest BCUT2D eigenvalue weighted by Gasteiger charge is -2.18. The molecule has 0 radical (unpaired) electrons. The Hall–Kier alpha value is -2.49. The fraction of sp³-hybridized carbons (Fsp3) is 0.316. The Labute approximate surface area is 136 Å². The van der Waals surface area contributed by atoms with E-state index < -0.39 is 0 Å². The molecule has 0 aliphatic carbocycles. The third-order valence-corrected chi connectivity index (χ3v) is 3.77. The van der Waals surface area contributed by atoms with Gasteiger partial charge in [0, 0.05) is 12.3 Å². The minimum absolute atomic E-state index is 0.102. The van der Waals surface area contributed by atoms with E-state index in [9.17, 15) is 15.0 Å². The highest BCUT2D eigenvalue weighted by molar-refractivity contribution is 5.69. The maximum absolute atomic E-state index is 11.5. The van der Waals surface area contributed by atoms with Gasteiger partial charge in [0.2, 0.25) is 0 Å². The van der Waals surface area contributed by atoms with Crippen molar-refractivity contribution in [3.63, 3.8) is 0 Å². The summed E-state index contributed by atoms with van der Waals surface area (Å²) >= 11 is 0. The van der Waals surface area contributed by atoms with Gasteiger partial charge in [0.1, 0.15) is 11.5 Å². The lowest BCUT2D eigenvalue weighted by Crippen LogP contribution is -2.06. The fourth-order valence-corrected chi connectivity index (χ4v) is 2.62. The van der Waals surface area contributed by atoms with Gasteiger partial charge in [0.25, 0.3) is 0 Å². The van der Waals surface area contributed by atoms with Gasteiger partial charge in [0.05, 0.1) is 6.61 Å². The molecule has 4 heteroatoms. The summed E-state index contributed by atoms with van der Waals surface area (Å²) < 4.78 is 4.96. The van der Waals surface area contributed by atoms with E-state index in [1.54, 1.807) is 31.2 Å². The predicted molar refractivity (Wildman–Crippen MR) is 88.5 cm³/mol. The number of benzene rings is 2. The van der Waals surface area contributed by atoms with Crippen LogP contribution < -0.4 is 0 Å². The van der Waals surface area contributed by atoms with Crippen LogP contribution in [0.1, 0.15) is 43.2 Å². The number of phenolic OH excluding ortho intramolecular Hbond substituents is 2. The summed E-state index contributed by atoms with van der Waals surface area (Å²) in [5, 5.41) is 18.9. The molecule has 0 saturated heterocycles. The van der Waals surface area contributed by atoms with Crippen molar-refractivity contribution in [2.75, 3.05) is 6.61 Å². The van der Waals surface area contributed by atoms with Crippen LogP contribution in [0.4, 0.5) is 0 Å². The van der Waals surface area contributed by atoms with Gasteiger partial charge < -0.3 is 14.9 Å². The molecule has 2 aromatic rings. The molecule has 23 heavy (non-hydrogen) atoms. The standard InChI is InChI=1S/C19H22O4/c1-2-23-19(22)5-3-4-18(14-6-10-16(20)11-7-14)15-8-12-17(21)13-9-15/h6-13,18,20-21H,2-5H2,1H3. The predicted octanol–water partition coefficient (Wildman–Crippen LogP) is 3.96. The third kappa shape index (κ3) is 5.02. The molecule has 2 rings (SSSR count). The third-order valence-electron chi connectivity index (χ3n) is 3.77. The fourth-order valence-electron chi connectivity index (χ4n) is 2.62. The molecule has 0 saturated carbocycles.